The molecule has 2 aromatic carbocycles. The van der Waals surface area contributed by atoms with Crippen molar-refractivity contribution in [2.45, 2.75) is 6.54 Å². The molecule has 4 N–H and O–H groups in total. The number of benzene rings is 2. The first-order valence-electron chi connectivity index (χ1n) is 5.96. The van der Waals surface area contributed by atoms with Crippen molar-refractivity contribution in [3.8, 4) is 0 Å². The molecule has 0 aliphatic carbocycles. The van der Waals surface area contributed by atoms with Gasteiger partial charge in [-0.3, -0.25) is 0 Å². The van der Waals surface area contributed by atoms with E-state index >= 15 is 0 Å². The molecule has 0 unspecified atom stereocenters. The maximum Gasteiger partial charge on any atom is 0.170 e. The van der Waals surface area contributed by atoms with Crippen molar-refractivity contribution in [1.82, 2.24) is 0 Å². The van der Waals surface area contributed by atoms with E-state index in [1.807, 2.05) is 24.3 Å². The van der Waals surface area contributed by atoms with Crippen LogP contribution in [-0.4, -0.2) is 11.0 Å². The van der Waals surface area contributed by atoms with Crippen LogP contribution in [-0.2, 0) is 6.54 Å². The maximum absolute atomic E-state index is 8.65. The Kier molecular flexibility index (Phi) is 5.50. The van der Waals surface area contributed by atoms with Gasteiger partial charge in [0.1, 0.15) is 0 Å². The lowest BCUT2D eigenvalue weighted by Gasteiger charge is -2.11. The SMILES string of the molecule is N/C(=N/O)c1ccc(CNc2ccc(Br)cc2Br)c(Cl)c1. The Morgan fingerprint density at radius 3 is 2.62 bits per heavy atom. The van der Waals surface area contributed by atoms with E-state index in [2.05, 4.69) is 42.3 Å². The largest absolute Gasteiger partial charge is 0.409 e. The van der Waals surface area contributed by atoms with Gasteiger partial charge in [-0.15, -0.1) is 0 Å². The highest BCUT2D eigenvalue weighted by Crippen LogP contribution is 2.27. The Labute approximate surface area is 144 Å². The smallest absolute Gasteiger partial charge is 0.170 e. The van der Waals surface area contributed by atoms with Gasteiger partial charge in [-0.05, 0) is 45.8 Å². The van der Waals surface area contributed by atoms with Crippen molar-refractivity contribution in [2.24, 2.45) is 10.9 Å². The summed E-state index contributed by atoms with van der Waals surface area (Å²) in [4.78, 5) is 0. The molecule has 7 heteroatoms. The van der Waals surface area contributed by atoms with Gasteiger partial charge in [0.2, 0.25) is 0 Å². The van der Waals surface area contributed by atoms with E-state index in [0.717, 1.165) is 20.2 Å². The van der Waals surface area contributed by atoms with E-state index in [1.165, 1.54) is 0 Å². The first kappa shape index (κ1) is 16.1. The molecule has 2 aromatic rings. The number of rotatable bonds is 4. The highest BCUT2D eigenvalue weighted by atomic mass is 79.9. The fraction of sp³-hybridized carbons (Fsp3) is 0.0714. The van der Waals surface area contributed by atoms with Crippen LogP contribution in [0.4, 0.5) is 5.69 Å². The molecule has 0 aliphatic rings. The van der Waals surface area contributed by atoms with E-state index in [-0.39, 0.29) is 5.84 Å². The quantitative estimate of drug-likeness (QED) is 0.286. The Morgan fingerprint density at radius 1 is 1.24 bits per heavy atom. The average molecular weight is 434 g/mol. The molecule has 0 amide bonds. The normalized spacial score (nSPS) is 11.5. The molecule has 4 nitrogen and oxygen atoms in total. The van der Waals surface area contributed by atoms with Crippen LogP contribution >= 0.6 is 43.5 Å². The summed E-state index contributed by atoms with van der Waals surface area (Å²) in [5.74, 6) is 0.0343. The lowest BCUT2D eigenvalue weighted by Crippen LogP contribution is -2.13. The van der Waals surface area contributed by atoms with Crippen molar-refractivity contribution in [3.63, 3.8) is 0 Å². The minimum absolute atomic E-state index is 0.0343. The van der Waals surface area contributed by atoms with Gasteiger partial charge in [-0.1, -0.05) is 44.8 Å². The third kappa shape index (κ3) is 4.12. The molecule has 21 heavy (non-hydrogen) atoms. The third-order valence-electron chi connectivity index (χ3n) is 2.86. The van der Waals surface area contributed by atoms with Crippen LogP contribution in [0, 0.1) is 0 Å². The molecule has 0 saturated carbocycles. The number of hydrogen-bond acceptors (Lipinski definition) is 3. The number of halogens is 3. The number of anilines is 1. The molecule has 2 rings (SSSR count). The van der Waals surface area contributed by atoms with Gasteiger partial charge < -0.3 is 16.3 Å². The van der Waals surface area contributed by atoms with E-state index in [9.17, 15) is 0 Å². The first-order valence-corrected chi connectivity index (χ1v) is 7.93. The van der Waals surface area contributed by atoms with E-state index in [1.54, 1.807) is 12.1 Å². The van der Waals surface area contributed by atoms with Crippen LogP contribution in [0.1, 0.15) is 11.1 Å². The zero-order valence-electron chi connectivity index (χ0n) is 10.8. The highest BCUT2D eigenvalue weighted by Gasteiger charge is 2.06. The molecule has 0 saturated heterocycles. The molecule has 110 valence electrons. The van der Waals surface area contributed by atoms with Gasteiger partial charge >= 0.3 is 0 Å². The number of oxime groups is 1. The molecule has 0 fully saturated rings. The van der Waals surface area contributed by atoms with E-state index in [0.29, 0.717) is 17.1 Å². The fourth-order valence-electron chi connectivity index (χ4n) is 1.73. The van der Waals surface area contributed by atoms with Crippen LogP contribution < -0.4 is 11.1 Å². The zero-order valence-corrected chi connectivity index (χ0v) is 14.7. The lowest BCUT2D eigenvalue weighted by atomic mass is 10.1. The summed E-state index contributed by atoms with van der Waals surface area (Å²) in [7, 11) is 0. The number of hydrogen-bond donors (Lipinski definition) is 3. The molecular weight excluding hydrogens is 421 g/mol. The topological polar surface area (TPSA) is 70.6 Å². The van der Waals surface area contributed by atoms with Crippen LogP contribution in [0.15, 0.2) is 50.5 Å². The van der Waals surface area contributed by atoms with Crippen LogP contribution in [0.5, 0.6) is 0 Å². The molecule has 0 aromatic heterocycles. The molecule has 0 atom stereocenters. The van der Waals surface area contributed by atoms with Gasteiger partial charge in [0.05, 0.1) is 0 Å². The van der Waals surface area contributed by atoms with Gasteiger partial charge in [-0.2, -0.15) is 0 Å². The predicted molar refractivity (Wildman–Crippen MR) is 93.1 cm³/mol. The van der Waals surface area contributed by atoms with Crippen molar-refractivity contribution in [1.29, 1.82) is 0 Å². The minimum atomic E-state index is 0.0343. The van der Waals surface area contributed by atoms with Crippen molar-refractivity contribution in [3.05, 3.63) is 61.5 Å². The third-order valence-corrected chi connectivity index (χ3v) is 4.36. The van der Waals surface area contributed by atoms with Crippen molar-refractivity contribution >= 4 is 55.0 Å². The summed E-state index contributed by atoms with van der Waals surface area (Å²) in [6.07, 6.45) is 0. The summed E-state index contributed by atoms with van der Waals surface area (Å²) >= 11 is 13.1. The van der Waals surface area contributed by atoms with E-state index in [4.69, 9.17) is 22.5 Å². The molecule has 0 bridgehead atoms. The summed E-state index contributed by atoms with van der Waals surface area (Å²) in [5.41, 5.74) is 7.99. The number of nitrogens with two attached hydrogens (primary N) is 1. The number of nitrogens with one attached hydrogen (secondary N) is 1. The molecular formula is C14H12Br2ClN3O. The molecule has 0 radical (unpaired) electrons. The second-order valence-electron chi connectivity index (χ2n) is 4.27. The second kappa shape index (κ2) is 7.15. The Balaban J connectivity index is 2.13. The first-order chi connectivity index (χ1) is 10.0. The van der Waals surface area contributed by atoms with E-state index < -0.39 is 0 Å². The van der Waals surface area contributed by atoms with Crippen LogP contribution in [0.25, 0.3) is 0 Å². The Bertz CT molecular complexity index is 692. The maximum atomic E-state index is 8.65. The summed E-state index contributed by atoms with van der Waals surface area (Å²) in [6.45, 7) is 0.565. The highest BCUT2D eigenvalue weighted by molar-refractivity contribution is 9.11. The predicted octanol–water partition coefficient (Wildman–Crippen LogP) is 4.57. The minimum Gasteiger partial charge on any atom is -0.409 e. The molecule has 0 spiro atoms. The summed E-state index contributed by atoms with van der Waals surface area (Å²) in [5, 5.41) is 15.5. The standard InChI is InChI=1S/C14H12Br2ClN3O/c15-10-3-4-13(11(16)6-10)19-7-9-2-1-8(5-12(9)17)14(18)20-21/h1-6,19,21H,7H2,(H2,18,20). The molecule has 0 aliphatic heterocycles. The van der Waals surface area contributed by atoms with Crippen molar-refractivity contribution in [2.75, 3.05) is 5.32 Å². The van der Waals surface area contributed by atoms with Gasteiger partial charge in [-0.25, -0.2) is 0 Å². The van der Waals surface area contributed by atoms with Crippen LogP contribution in [0.2, 0.25) is 5.02 Å². The Hall–Kier alpha value is -1.24. The van der Waals surface area contributed by atoms with Gasteiger partial charge in [0.15, 0.2) is 5.84 Å². The summed E-state index contributed by atoms with van der Waals surface area (Å²) < 4.78 is 1.96. The second-order valence-corrected chi connectivity index (χ2v) is 6.45. The molecule has 0 heterocycles. The number of nitrogens with zero attached hydrogens (tertiary/aromatic N) is 1. The number of amidine groups is 1. The Morgan fingerprint density at radius 2 is 2.00 bits per heavy atom. The van der Waals surface area contributed by atoms with Gasteiger partial charge in [0, 0.05) is 31.8 Å². The van der Waals surface area contributed by atoms with Crippen LogP contribution in [0.3, 0.4) is 0 Å². The average Bonchev–Trinajstić information content (AvgIpc) is 2.46. The lowest BCUT2D eigenvalue weighted by molar-refractivity contribution is 0.318. The summed E-state index contributed by atoms with van der Waals surface area (Å²) in [6, 6.07) is 11.2. The monoisotopic (exact) mass is 431 g/mol. The zero-order chi connectivity index (χ0) is 15.4. The fourth-order valence-corrected chi connectivity index (χ4v) is 3.17. The van der Waals surface area contributed by atoms with Gasteiger partial charge in [0.25, 0.3) is 0 Å². The van der Waals surface area contributed by atoms with Crippen molar-refractivity contribution < 1.29 is 5.21 Å².